The molecule has 112 valence electrons. The van der Waals surface area contributed by atoms with Gasteiger partial charge in [0.25, 0.3) is 0 Å². The first kappa shape index (κ1) is 14.5. The number of rotatable bonds is 4. The molecule has 1 aliphatic heterocycles. The van der Waals surface area contributed by atoms with Crippen molar-refractivity contribution >= 4 is 11.3 Å². The van der Waals surface area contributed by atoms with Gasteiger partial charge in [0.15, 0.2) is 5.67 Å². The molecule has 0 aliphatic carbocycles. The lowest BCUT2D eigenvalue weighted by atomic mass is 9.87. The molecule has 1 aliphatic rings. The molecule has 0 unspecified atom stereocenters. The summed E-state index contributed by atoms with van der Waals surface area (Å²) in [5.41, 5.74) is -1.43. The molecule has 3 nitrogen and oxygen atoms in total. The molecule has 0 saturated carbocycles. The lowest BCUT2D eigenvalue weighted by Crippen LogP contribution is -2.56. The second-order valence-corrected chi connectivity index (χ2v) is 6.87. The van der Waals surface area contributed by atoms with Gasteiger partial charge in [-0.05, 0) is 6.07 Å². The zero-order valence-electron chi connectivity index (χ0n) is 12.0. The molecule has 21 heavy (non-hydrogen) atoms. The molecule has 2 heterocycles. The smallest absolute Gasteiger partial charge is 0.163 e. The first-order chi connectivity index (χ1) is 9.98. The Bertz CT molecular complexity index is 635. The van der Waals surface area contributed by atoms with Crippen LogP contribution in [0.3, 0.4) is 0 Å². The zero-order chi connectivity index (χ0) is 15.0. The summed E-state index contributed by atoms with van der Waals surface area (Å²) < 4.78 is 28.3. The third-order valence-corrected chi connectivity index (χ3v) is 4.85. The number of aromatic nitrogens is 2. The van der Waals surface area contributed by atoms with Gasteiger partial charge in [0.05, 0.1) is 6.54 Å². The van der Waals surface area contributed by atoms with E-state index in [-0.39, 0.29) is 18.7 Å². The lowest BCUT2D eigenvalue weighted by molar-refractivity contribution is -0.0441. The number of nitrogens with zero attached hydrogens (tertiary/aromatic N) is 3. The van der Waals surface area contributed by atoms with Crippen LogP contribution in [0.15, 0.2) is 24.3 Å². The molecule has 3 rings (SSSR count). The molecule has 6 heteroatoms. The highest BCUT2D eigenvalue weighted by molar-refractivity contribution is 7.11. The molecule has 1 fully saturated rings. The van der Waals surface area contributed by atoms with Gasteiger partial charge in [-0.3, -0.25) is 4.90 Å². The van der Waals surface area contributed by atoms with Crippen molar-refractivity contribution in [3.05, 3.63) is 45.7 Å². The number of benzene rings is 1. The van der Waals surface area contributed by atoms with Gasteiger partial charge in [0.1, 0.15) is 15.8 Å². The minimum absolute atomic E-state index is 0.154. The molecule has 0 bridgehead atoms. The van der Waals surface area contributed by atoms with E-state index in [1.807, 2.05) is 4.90 Å². The summed E-state index contributed by atoms with van der Waals surface area (Å²) in [6.07, 6.45) is 0. The molecule has 0 radical (unpaired) electrons. The van der Waals surface area contributed by atoms with E-state index in [9.17, 15) is 8.78 Å². The van der Waals surface area contributed by atoms with E-state index in [0.29, 0.717) is 12.5 Å². The van der Waals surface area contributed by atoms with E-state index in [1.165, 1.54) is 12.1 Å². The average Bonchev–Trinajstić information content (AvgIpc) is 2.86. The fraction of sp³-hybridized carbons (Fsp3) is 0.467. The topological polar surface area (TPSA) is 29.0 Å². The van der Waals surface area contributed by atoms with Gasteiger partial charge in [0, 0.05) is 24.6 Å². The van der Waals surface area contributed by atoms with Crippen molar-refractivity contribution in [2.75, 3.05) is 13.1 Å². The highest BCUT2D eigenvalue weighted by atomic mass is 32.1. The van der Waals surface area contributed by atoms with Crippen molar-refractivity contribution < 1.29 is 8.78 Å². The summed E-state index contributed by atoms with van der Waals surface area (Å²) in [6, 6.07) is 6.07. The fourth-order valence-electron chi connectivity index (χ4n) is 2.52. The standard InChI is InChI=1S/C15H17F2N3S/c1-10(2)14-19-18-13(21-14)7-20-8-15(17,9-20)11-5-3-4-6-12(11)16/h3-6,10H,7-9H2,1-2H3. The van der Waals surface area contributed by atoms with Gasteiger partial charge in [-0.15, -0.1) is 10.2 Å². The van der Waals surface area contributed by atoms with E-state index in [0.717, 1.165) is 10.0 Å². The van der Waals surface area contributed by atoms with Crippen molar-refractivity contribution in [3.8, 4) is 0 Å². The van der Waals surface area contributed by atoms with Gasteiger partial charge in [-0.25, -0.2) is 8.78 Å². The quantitative estimate of drug-likeness (QED) is 0.866. The highest BCUT2D eigenvalue weighted by Gasteiger charge is 2.46. The van der Waals surface area contributed by atoms with E-state index < -0.39 is 11.5 Å². The number of hydrogen-bond acceptors (Lipinski definition) is 4. The van der Waals surface area contributed by atoms with Crippen LogP contribution < -0.4 is 0 Å². The Morgan fingerprint density at radius 1 is 1.29 bits per heavy atom. The molecule has 1 saturated heterocycles. The molecular formula is C15H17F2N3S. The van der Waals surface area contributed by atoms with Crippen molar-refractivity contribution in [2.24, 2.45) is 0 Å². The number of hydrogen-bond donors (Lipinski definition) is 0. The van der Waals surface area contributed by atoms with Crippen LogP contribution in [0.25, 0.3) is 0 Å². The van der Waals surface area contributed by atoms with Crippen LogP contribution in [0.5, 0.6) is 0 Å². The first-order valence-corrected chi connectivity index (χ1v) is 7.78. The first-order valence-electron chi connectivity index (χ1n) is 6.96. The Labute approximate surface area is 126 Å². The van der Waals surface area contributed by atoms with Gasteiger partial charge >= 0.3 is 0 Å². The molecule has 0 spiro atoms. The molecule has 0 amide bonds. The van der Waals surface area contributed by atoms with Crippen LogP contribution in [0.1, 0.15) is 35.3 Å². The van der Waals surface area contributed by atoms with Gasteiger partial charge in [0.2, 0.25) is 0 Å². The van der Waals surface area contributed by atoms with Crippen molar-refractivity contribution in [1.29, 1.82) is 0 Å². The monoisotopic (exact) mass is 309 g/mol. The highest BCUT2D eigenvalue weighted by Crippen LogP contribution is 2.38. The zero-order valence-corrected chi connectivity index (χ0v) is 12.8. The Kier molecular flexibility index (Phi) is 3.75. The minimum Gasteiger partial charge on any atom is -0.289 e. The largest absolute Gasteiger partial charge is 0.289 e. The maximum absolute atomic E-state index is 14.7. The lowest BCUT2D eigenvalue weighted by Gasteiger charge is -2.44. The molecule has 1 aromatic heterocycles. The van der Waals surface area contributed by atoms with E-state index >= 15 is 0 Å². The van der Waals surface area contributed by atoms with Crippen LogP contribution >= 0.6 is 11.3 Å². The van der Waals surface area contributed by atoms with Crippen LogP contribution in [0, 0.1) is 5.82 Å². The summed E-state index contributed by atoms with van der Waals surface area (Å²) in [6.45, 7) is 5.11. The molecular weight excluding hydrogens is 292 g/mol. The number of halogens is 2. The Morgan fingerprint density at radius 2 is 2.00 bits per heavy atom. The van der Waals surface area contributed by atoms with E-state index in [2.05, 4.69) is 24.0 Å². The summed E-state index contributed by atoms with van der Waals surface area (Å²) in [4.78, 5) is 1.93. The number of likely N-dealkylation sites (tertiary alicyclic amines) is 1. The normalized spacial score (nSPS) is 18.0. The predicted molar refractivity (Wildman–Crippen MR) is 78.5 cm³/mol. The van der Waals surface area contributed by atoms with Crippen molar-refractivity contribution in [1.82, 2.24) is 15.1 Å². The maximum Gasteiger partial charge on any atom is 0.163 e. The molecule has 0 N–H and O–H groups in total. The molecule has 0 atom stereocenters. The van der Waals surface area contributed by atoms with Crippen LogP contribution in [-0.2, 0) is 12.2 Å². The van der Waals surface area contributed by atoms with Gasteiger partial charge in [-0.1, -0.05) is 43.4 Å². The summed E-state index contributed by atoms with van der Waals surface area (Å²) in [5.74, 6) is -0.121. The Hall–Kier alpha value is -1.40. The summed E-state index contributed by atoms with van der Waals surface area (Å²) in [5, 5.41) is 10.1. The second-order valence-electron chi connectivity index (χ2n) is 5.78. The Balaban J connectivity index is 1.64. The van der Waals surface area contributed by atoms with E-state index in [4.69, 9.17) is 0 Å². The van der Waals surface area contributed by atoms with Crippen molar-refractivity contribution in [2.45, 2.75) is 32.0 Å². The van der Waals surface area contributed by atoms with Crippen LogP contribution in [0.2, 0.25) is 0 Å². The summed E-state index contributed by atoms with van der Waals surface area (Å²) in [7, 11) is 0. The second kappa shape index (κ2) is 5.42. The third-order valence-electron chi connectivity index (χ3n) is 3.64. The molecule has 2 aromatic rings. The van der Waals surface area contributed by atoms with E-state index in [1.54, 1.807) is 23.5 Å². The fourth-order valence-corrected chi connectivity index (χ4v) is 3.41. The SMILES string of the molecule is CC(C)c1nnc(CN2CC(F)(c3ccccc3F)C2)s1. The molecule has 1 aromatic carbocycles. The average molecular weight is 309 g/mol. The maximum atomic E-state index is 14.7. The van der Waals surface area contributed by atoms with Crippen LogP contribution in [-0.4, -0.2) is 28.2 Å². The third kappa shape index (κ3) is 2.82. The van der Waals surface area contributed by atoms with Crippen molar-refractivity contribution in [3.63, 3.8) is 0 Å². The summed E-state index contributed by atoms with van der Waals surface area (Å²) >= 11 is 1.56. The Morgan fingerprint density at radius 3 is 2.62 bits per heavy atom. The van der Waals surface area contributed by atoms with Crippen LogP contribution in [0.4, 0.5) is 8.78 Å². The van der Waals surface area contributed by atoms with Gasteiger partial charge in [-0.2, -0.15) is 0 Å². The predicted octanol–water partition coefficient (Wildman–Crippen LogP) is 3.48. The number of alkyl halides is 1. The minimum atomic E-state index is -1.59. The van der Waals surface area contributed by atoms with Gasteiger partial charge < -0.3 is 0 Å².